The molecule has 0 saturated carbocycles. The Hall–Kier alpha value is -4.74. The van der Waals surface area contributed by atoms with Crippen molar-refractivity contribution in [3.05, 3.63) is 118 Å². The molecule has 4 aliphatic heterocycles. The molecule has 4 aliphatic rings. The molecule has 4 saturated heterocycles. The molecule has 4 amide bonds. The van der Waals surface area contributed by atoms with Crippen molar-refractivity contribution in [2.24, 2.45) is 11.8 Å². The highest BCUT2D eigenvalue weighted by Crippen LogP contribution is 2.60. The van der Waals surface area contributed by atoms with E-state index in [2.05, 4.69) is 0 Å². The summed E-state index contributed by atoms with van der Waals surface area (Å²) in [6, 6.07) is 24.0. The highest BCUT2D eigenvalue weighted by molar-refractivity contribution is 6.31. The van der Waals surface area contributed by atoms with Crippen molar-refractivity contribution >= 4 is 58.2 Å². The number of rotatable bonds is 6. The Balaban J connectivity index is 1.32. The van der Waals surface area contributed by atoms with E-state index < -0.39 is 59.6 Å². The molecular weight excluding hydrogens is 655 g/mol. The molecule has 0 N–H and O–H groups in total. The summed E-state index contributed by atoms with van der Waals surface area (Å²) in [6.07, 6.45) is 0. The molecule has 10 nitrogen and oxygen atoms in total. The molecule has 0 aliphatic carbocycles. The van der Waals surface area contributed by atoms with Gasteiger partial charge in [0, 0.05) is 10.0 Å². The number of methoxy groups -OCH3 is 2. The number of carbonyl (C=O) groups excluding carboxylic acids is 4. The second kappa shape index (κ2) is 11.5. The van der Waals surface area contributed by atoms with Crippen LogP contribution in [0.15, 0.2) is 97.1 Å². The van der Waals surface area contributed by atoms with Gasteiger partial charge in [-0.2, -0.15) is 0 Å². The summed E-state index contributed by atoms with van der Waals surface area (Å²) in [5.74, 6) is -2.26. The van der Waals surface area contributed by atoms with Crippen molar-refractivity contribution in [2.75, 3.05) is 24.0 Å². The first-order valence-corrected chi connectivity index (χ1v) is 16.1. The first-order valence-electron chi connectivity index (χ1n) is 15.3. The second-order valence-electron chi connectivity index (χ2n) is 12.1. The number of fused-ring (bicyclic) bond motifs is 5. The lowest BCUT2D eigenvalue weighted by Gasteiger charge is -2.35. The quantitative estimate of drug-likeness (QED) is 0.248. The minimum atomic E-state index is -0.998. The maximum absolute atomic E-state index is 14.6. The van der Waals surface area contributed by atoms with Gasteiger partial charge < -0.3 is 9.47 Å². The number of benzene rings is 4. The maximum Gasteiger partial charge on any atom is 0.253 e. The third-order valence-corrected chi connectivity index (χ3v) is 10.3. The van der Waals surface area contributed by atoms with Gasteiger partial charge in [-0.3, -0.25) is 19.2 Å². The van der Waals surface area contributed by atoms with Crippen LogP contribution in [0.25, 0.3) is 0 Å². The third kappa shape index (κ3) is 4.40. The van der Waals surface area contributed by atoms with Gasteiger partial charge in [0.2, 0.25) is 11.8 Å². The van der Waals surface area contributed by atoms with Crippen LogP contribution in [-0.4, -0.2) is 59.9 Å². The predicted molar refractivity (Wildman–Crippen MR) is 178 cm³/mol. The van der Waals surface area contributed by atoms with E-state index in [1.807, 2.05) is 34.3 Å². The zero-order chi connectivity index (χ0) is 33.4. The zero-order valence-electron chi connectivity index (χ0n) is 25.7. The van der Waals surface area contributed by atoms with Crippen LogP contribution in [0.2, 0.25) is 10.0 Å². The lowest BCUT2D eigenvalue weighted by Crippen LogP contribution is -2.50. The number of imide groups is 2. The van der Waals surface area contributed by atoms with Gasteiger partial charge in [-0.1, -0.05) is 47.5 Å². The number of carbonyl (C=O) groups is 4. The Morgan fingerprint density at radius 1 is 0.458 bits per heavy atom. The van der Waals surface area contributed by atoms with Crippen LogP contribution >= 0.6 is 23.2 Å². The summed E-state index contributed by atoms with van der Waals surface area (Å²) < 4.78 is 10.8. The Morgan fingerprint density at radius 2 is 0.792 bits per heavy atom. The molecule has 4 aromatic carbocycles. The minimum Gasteiger partial charge on any atom is -0.497 e. The number of hydrogen-bond acceptors (Lipinski definition) is 8. The van der Waals surface area contributed by atoms with E-state index in [1.165, 1.54) is 9.80 Å². The SMILES string of the molecule is COc1ccc(C2C3C(=O)N(c4ccc(Cl)cc4)C(=O)C3N3C(c4ccc(OC)cc4)C4C(=O)N(c5ccc(Cl)cc5)C(=O)C4N23)cc1. The molecule has 48 heavy (non-hydrogen) atoms. The average molecular weight is 684 g/mol. The van der Waals surface area contributed by atoms with E-state index in [0.29, 0.717) is 44.0 Å². The zero-order valence-corrected chi connectivity index (χ0v) is 27.2. The van der Waals surface area contributed by atoms with E-state index in [-0.39, 0.29) is 0 Å². The van der Waals surface area contributed by atoms with Crippen LogP contribution in [0.4, 0.5) is 11.4 Å². The molecule has 0 radical (unpaired) electrons. The number of amides is 4. The van der Waals surface area contributed by atoms with Gasteiger partial charge in [-0.15, -0.1) is 0 Å². The summed E-state index contributed by atoms with van der Waals surface area (Å²) in [5, 5.41) is 4.58. The van der Waals surface area contributed by atoms with Crippen LogP contribution in [0.3, 0.4) is 0 Å². The van der Waals surface area contributed by atoms with Crippen molar-refractivity contribution < 1.29 is 28.7 Å². The van der Waals surface area contributed by atoms with Crippen molar-refractivity contribution in [1.29, 1.82) is 0 Å². The van der Waals surface area contributed by atoms with Crippen LogP contribution in [0.1, 0.15) is 23.2 Å². The van der Waals surface area contributed by atoms with Crippen molar-refractivity contribution in [3.63, 3.8) is 0 Å². The van der Waals surface area contributed by atoms with E-state index in [9.17, 15) is 19.2 Å². The fourth-order valence-electron chi connectivity index (χ4n) is 7.79. The maximum atomic E-state index is 14.6. The molecule has 242 valence electrons. The standard InChI is InChI=1S/C36H28Cl2N4O6/c1-47-25-15-3-19(4-16-25)29-27-31(35(45)39(33(27)43)23-11-7-21(37)8-12-23)42-30(20-5-17-26(48-2)18-6-20)28-32(41(29)42)36(46)40(34(28)44)24-13-9-22(38)10-14-24/h3-18,27-32H,1-2H3. The molecule has 0 bridgehead atoms. The summed E-state index contributed by atoms with van der Waals surface area (Å²) in [5.41, 5.74) is 2.19. The van der Waals surface area contributed by atoms with Crippen molar-refractivity contribution in [3.8, 4) is 11.5 Å². The Bertz CT molecular complexity index is 1810. The predicted octanol–water partition coefficient (Wildman–Crippen LogP) is 5.46. The van der Waals surface area contributed by atoms with Crippen molar-refractivity contribution in [2.45, 2.75) is 24.2 Å². The molecule has 4 aromatic rings. The number of ether oxygens (including phenoxy) is 2. The third-order valence-electron chi connectivity index (χ3n) is 9.81. The Labute approximate surface area is 285 Å². The van der Waals surface area contributed by atoms with Gasteiger partial charge in [0.1, 0.15) is 23.6 Å². The highest BCUT2D eigenvalue weighted by Gasteiger charge is 2.73. The van der Waals surface area contributed by atoms with Crippen LogP contribution < -0.4 is 19.3 Å². The lowest BCUT2D eigenvalue weighted by atomic mass is 9.84. The van der Waals surface area contributed by atoms with Crippen molar-refractivity contribution in [1.82, 2.24) is 10.0 Å². The largest absolute Gasteiger partial charge is 0.497 e. The van der Waals surface area contributed by atoms with Gasteiger partial charge in [0.05, 0.1) is 49.5 Å². The van der Waals surface area contributed by atoms with Crippen LogP contribution in [0, 0.1) is 11.8 Å². The second-order valence-corrected chi connectivity index (χ2v) is 13.0. The number of nitrogens with zero attached hydrogens (tertiary/aromatic N) is 4. The van der Waals surface area contributed by atoms with Gasteiger partial charge in [-0.25, -0.2) is 19.8 Å². The average Bonchev–Trinajstić information content (AvgIpc) is 3.77. The normalized spacial score (nSPS) is 26.7. The number of halogens is 2. The fourth-order valence-corrected chi connectivity index (χ4v) is 8.04. The molecule has 8 rings (SSSR count). The first-order chi connectivity index (χ1) is 23.2. The van der Waals surface area contributed by atoms with E-state index in [1.54, 1.807) is 87.0 Å². The summed E-state index contributed by atoms with van der Waals surface area (Å²) in [6.45, 7) is 0. The van der Waals surface area contributed by atoms with Crippen LogP contribution in [0.5, 0.6) is 11.5 Å². The minimum absolute atomic E-state index is 0.394. The highest BCUT2D eigenvalue weighted by atomic mass is 35.5. The molecule has 4 fully saturated rings. The van der Waals surface area contributed by atoms with E-state index in [4.69, 9.17) is 32.7 Å². The van der Waals surface area contributed by atoms with Gasteiger partial charge in [0.25, 0.3) is 11.8 Å². The summed E-state index contributed by atoms with van der Waals surface area (Å²) in [7, 11) is 3.12. The molecule has 0 spiro atoms. The smallest absolute Gasteiger partial charge is 0.253 e. The van der Waals surface area contributed by atoms with Gasteiger partial charge >= 0.3 is 0 Å². The molecule has 6 atom stereocenters. The van der Waals surface area contributed by atoms with E-state index in [0.717, 1.165) is 0 Å². The van der Waals surface area contributed by atoms with E-state index >= 15 is 0 Å². The Kier molecular flexibility index (Phi) is 7.30. The number of anilines is 2. The van der Waals surface area contributed by atoms with Crippen LogP contribution in [-0.2, 0) is 19.2 Å². The number of hydrogen-bond donors (Lipinski definition) is 0. The first kappa shape index (κ1) is 30.6. The topological polar surface area (TPSA) is 99.7 Å². The fraction of sp³-hybridized carbons (Fsp3) is 0.222. The molecule has 12 heteroatoms. The van der Waals surface area contributed by atoms with Gasteiger partial charge in [-0.05, 0) is 83.9 Å². The Morgan fingerprint density at radius 3 is 1.10 bits per heavy atom. The number of hydrazine groups is 1. The summed E-state index contributed by atoms with van der Waals surface area (Å²) >= 11 is 12.3. The summed E-state index contributed by atoms with van der Waals surface area (Å²) in [4.78, 5) is 60.5. The monoisotopic (exact) mass is 682 g/mol. The lowest BCUT2D eigenvalue weighted by molar-refractivity contribution is -0.136. The molecule has 4 heterocycles. The molecular formula is C36H28Cl2N4O6. The molecule has 0 aromatic heterocycles. The molecule has 6 unspecified atom stereocenters. The van der Waals surface area contributed by atoms with Gasteiger partial charge in [0.15, 0.2) is 0 Å².